The molecule has 6 rings (SSSR count). The van der Waals surface area contributed by atoms with Gasteiger partial charge >= 0.3 is 0 Å². The van der Waals surface area contributed by atoms with Gasteiger partial charge < -0.3 is 10.2 Å². The summed E-state index contributed by atoms with van der Waals surface area (Å²) < 4.78 is 57.2. The third-order valence-electron chi connectivity index (χ3n) is 6.73. The lowest BCUT2D eigenvalue weighted by Crippen LogP contribution is -2.52. The van der Waals surface area contributed by atoms with Crippen molar-refractivity contribution in [3.8, 4) is 10.8 Å². The summed E-state index contributed by atoms with van der Waals surface area (Å²) >= 11 is 7.26. The first kappa shape index (κ1) is 22.5. The van der Waals surface area contributed by atoms with Gasteiger partial charge in [0.05, 0.1) is 5.69 Å². The third-order valence-corrected chi connectivity index (χ3v) is 9.52. The maximum absolute atomic E-state index is 13.3. The van der Waals surface area contributed by atoms with Crippen LogP contribution in [-0.2, 0) is 10.0 Å². The molecule has 0 aromatic carbocycles. The lowest BCUT2D eigenvalue weighted by Gasteiger charge is -2.36. The smallest absolute Gasteiger partial charge is 0.291 e. The van der Waals surface area contributed by atoms with E-state index >= 15 is 0 Å². The van der Waals surface area contributed by atoms with E-state index in [2.05, 4.69) is 30.1 Å². The molecule has 1 spiro atoms. The highest BCUT2D eigenvalue weighted by molar-refractivity contribution is 7.89. The number of anilines is 1. The van der Waals surface area contributed by atoms with E-state index in [1.165, 1.54) is 6.20 Å². The van der Waals surface area contributed by atoms with Crippen molar-refractivity contribution in [2.24, 2.45) is 0 Å². The first-order chi connectivity index (χ1) is 16.1. The molecule has 3 aliphatic rings. The number of pyridine rings is 1. The molecule has 14 heteroatoms. The van der Waals surface area contributed by atoms with Crippen molar-refractivity contribution in [3.05, 3.63) is 22.4 Å². The highest BCUT2D eigenvalue weighted by atomic mass is 35.5. The Kier molecular flexibility index (Phi) is 4.99. The molecule has 1 aliphatic heterocycles. The Morgan fingerprint density at radius 3 is 2.68 bits per heavy atom. The minimum atomic E-state index is -3.86. The number of hydrogen-bond donors (Lipinski definition) is 2. The first-order valence-electron chi connectivity index (χ1n) is 11.0. The predicted octanol–water partition coefficient (Wildman–Crippen LogP) is 3.22. The molecule has 9 nitrogen and oxygen atoms in total. The minimum absolute atomic E-state index is 0.0323. The molecule has 2 saturated carbocycles. The Bertz CT molecular complexity index is 1400. The maximum atomic E-state index is 13.3. The molecule has 1 saturated heterocycles. The van der Waals surface area contributed by atoms with Crippen molar-refractivity contribution in [1.29, 1.82) is 0 Å². The highest BCUT2D eigenvalue weighted by Gasteiger charge is 2.46. The zero-order valence-corrected chi connectivity index (χ0v) is 20.6. The van der Waals surface area contributed by atoms with Crippen LogP contribution in [0.4, 0.5) is 14.5 Å². The maximum Gasteiger partial charge on any atom is 0.291 e. The molecule has 2 aliphatic carbocycles. The number of alkyl halides is 2. The zero-order chi connectivity index (χ0) is 23.9. The molecule has 0 amide bonds. The van der Waals surface area contributed by atoms with Gasteiger partial charge in [-0.3, -0.25) is 4.40 Å². The number of nitrogens with zero attached hydrogens (tertiary/aromatic N) is 5. The lowest BCUT2D eigenvalue weighted by molar-refractivity contribution is 0.150. The molecule has 0 bridgehead atoms. The second kappa shape index (κ2) is 7.53. The summed E-state index contributed by atoms with van der Waals surface area (Å²) in [6, 6.07) is 1.63. The summed E-state index contributed by atoms with van der Waals surface area (Å²) in [7, 11) is -3.86. The molecule has 3 fully saturated rings. The largest absolute Gasteiger partial charge is 0.367 e. The molecular formula is C20H22ClF2N7O2S2. The topological polar surface area (TPSA) is 105 Å². The molecule has 2 N–H and O–H groups in total. The van der Waals surface area contributed by atoms with Gasteiger partial charge in [0, 0.05) is 36.9 Å². The van der Waals surface area contributed by atoms with Crippen molar-refractivity contribution >= 4 is 44.2 Å². The van der Waals surface area contributed by atoms with Crippen LogP contribution < -0.4 is 14.9 Å². The monoisotopic (exact) mass is 529 g/mol. The average molecular weight is 530 g/mol. The van der Waals surface area contributed by atoms with E-state index < -0.39 is 27.0 Å². The van der Waals surface area contributed by atoms with Crippen molar-refractivity contribution in [1.82, 2.24) is 29.6 Å². The molecule has 182 valence electrons. The van der Waals surface area contributed by atoms with Crippen LogP contribution in [0.5, 0.6) is 0 Å². The van der Waals surface area contributed by atoms with Gasteiger partial charge in [0.1, 0.15) is 10.4 Å². The third kappa shape index (κ3) is 3.87. The summed E-state index contributed by atoms with van der Waals surface area (Å²) in [5, 5.41) is 10.8. The van der Waals surface area contributed by atoms with Crippen LogP contribution in [0.15, 0.2) is 17.2 Å². The van der Waals surface area contributed by atoms with Gasteiger partial charge in [-0.15, -0.1) is 10.2 Å². The minimum Gasteiger partial charge on any atom is -0.367 e. The Morgan fingerprint density at radius 1 is 1.26 bits per heavy atom. The molecule has 0 atom stereocenters. The predicted molar refractivity (Wildman–Crippen MR) is 124 cm³/mol. The number of hydrogen-bond acceptors (Lipinski definition) is 8. The van der Waals surface area contributed by atoms with Gasteiger partial charge in [0.25, 0.3) is 6.43 Å². The quantitative estimate of drug-likeness (QED) is 0.505. The Hall–Kier alpha value is -1.93. The number of sulfonamides is 1. The number of rotatable bonds is 6. The van der Waals surface area contributed by atoms with Gasteiger partial charge in [-0.05, 0) is 38.7 Å². The van der Waals surface area contributed by atoms with Crippen LogP contribution in [0.2, 0.25) is 5.15 Å². The number of nitrogens with one attached hydrogen (secondary N) is 2. The summed E-state index contributed by atoms with van der Waals surface area (Å²) in [6.07, 6.45) is 2.31. The van der Waals surface area contributed by atoms with E-state index in [4.69, 9.17) is 11.6 Å². The van der Waals surface area contributed by atoms with Crippen molar-refractivity contribution < 1.29 is 17.2 Å². The summed E-state index contributed by atoms with van der Waals surface area (Å²) in [4.78, 5) is 6.56. The van der Waals surface area contributed by atoms with E-state index in [1.807, 2.05) is 6.92 Å². The number of halogens is 3. The molecule has 3 aromatic rings. The molecule has 3 aromatic heterocycles. The van der Waals surface area contributed by atoms with E-state index in [0.717, 1.165) is 32.2 Å². The van der Waals surface area contributed by atoms with Crippen LogP contribution in [0.1, 0.15) is 44.0 Å². The van der Waals surface area contributed by atoms with Gasteiger partial charge in [-0.2, -0.15) is 0 Å². The van der Waals surface area contributed by atoms with E-state index in [1.54, 1.807) is 10.5 Å². The first-order valence-corrected chi connectivity index (χ1v) is 13.6. The Balaban J connectivity index is 1.53. The average Bonchev–Trinajstić information content (AvgIpc) is 3.58. The van der Waals surface area contributed by atoms with Crippen LogP contribution >= 0.6 is 22.9 Å². The second-order valence-electron chi connectivity index (χ2n) is 9.55. The molecule has 34 heavy (non-hydrogen) atoms. The van der Waals surface area contributed by atoms with E-state index in [9.17, 15) is 17.2 Å². The summed E-state index contributed by atoms with van der Waals surface area (Å²) in [6.45, 7) is 4.00. The number of piperazine rings is 1. The summed E-state index contributed by atoms with van der Waals surface area (Å²) in [5.74, 6) is 0.177. The van der Waals surface area contributed by atoms with Crippen LogP contribution in [0.25, 0.3) is 16.3 Å². The molecular weight excluding hydrogens is 508 g/mol. The van der Waals surface area contributed by atoms with Crippen molar-refractivity contribution in [3.63, 3.8) is 0 Å². The standard InChI is InChI=1S/C20H22ClF2N7O2S2/c1-19(2-3-19)28-34(31,32)11-8-12(29-7-6-24-20(10-29)4-5-20)13-14(21)25-16(30(13)9-11)18-27-26-17(33-18)15(22)23/h8-9,15,24,28H,2-7,10H2,1H3. The van der Waals surface area contributed by atoms with Crippen LogP contribution in [0.3, 0.4) is 0 Å². The Morgan fingerprint density at radius 2 is 2.03 bits per heavy atom. The number of aromatic nitrogens is 4. The second-order valence-corrected chi connectivity index (χ2v) is 12.6. The van der Waals surface area contributed by atoms with E-state index in [-0.39, 0.29) is 26.4 Å². The van der Waals surface area contributed by atoms with Gasteiger partial charge in [-0.25, -0.2) is 26.9 Å². The fourth-order valence-corrected chi connectivity index (χ4v) is 6.84. The number of fused-ring (bicyclic) bond motifs is 1. The van der Waals surface area contributed by atoms with Crippen molar-refractivity contribution in [2.75, 3.05) is 24.5 Å². The van der Waals surface area contributed by atoms with Gasteiger partial charge in [-0.1, -0.05) is 22.9 Å². The highest BCUT2D eigenvalue weighted by Crippen LogP contribution is 2.42. The van der Waals surface area contributed by atoms with Crippen molar-refractivity contribution in [2.45, 2.75) is 55.0 Å². The fraction of sp³-hybridized carbons (Fsp3) is 0.550. The number of imidazole rings is 1. The zero-order valence-electron chi connectivity index (χ0n) is 18.2. The molecule has 0 unspecified atom stereocenters. The fourth-order valence-electron chi connectivity index (χ4n) is 4.40. The van der Waals surface area contributed by atoms with Crippen LogP contribution in [-0.4, -0.2) is 58.7 Å². The van der Waals surface area contributed by atoms with Crippen LogP contribution in [0, 0.1) is 0 Å². The SMILES string of the molecule is CC1(NS(=O)(=O)c2cc(N3CCNC4(CC4)C3)c3c(Cl)nc(-c4nnc(C(F)F)s4)n3c2)CC1. The summed E-state index contributed by atoms with van der Waals surface area (Å²) in [5.41, 5.74) is 0.727. The normalized spacial score (nSPS) is 21.0. The van der Waals surface area contributed by atoms with E-state index in [0.29, 0.717) is 35.6 Å². The molecule has 0 radical (unpaired) electrons. The molecule has 4 heterocycles. The van der Waals surface area contributed by atoms with Gasteiger partial charge in [0.15, 0.2) is 21.0 Å². The lowest BCUT2D eigenvalue weighted by atomic mass is 10.1. The Labute approximate surface area is 203 Å². The van der Waals surface area contributed by atoms with Gasteiger partial charge in [0.2, 0.25) is 10.0 Å².